The van der Waals surface area contributed by atoms with Gasteiger partial charge in [0, 0.05) is 12.2 Å². The number of nitrogens with zero attached hydrogens (tertiary/aromatic N) is 1. The Hall–Kier alpha value is -3.02. The van der Waals surface area contributed by atoms with Crippen LogP contribution in [0.5, 0.6) is 5.75 Å². The smallest absolute Gasteiger partial charge is 0.243 e. The number of carbonyl (C=O) groups is 2. The van der Waals surface area contributed by atoms with Crippen molar-refractivity contribution in [2.75, 3.05) is 30.4 Å². The van der Waals surface area contributed by atoms with Gasteiger partial charge in [-0.25, -0.2) is 0 Å². The summed E-state index contributed by atoms with van der Waals surface area (Å²) in [5.41, 5.74) is 8.98. The summed E-state index contributed by atoms with van der Waals surface area (Å²) in [5.74, 6) is -0.147. The standard InChI is InChI=1S/C20H23N3O3/c1-13-7-8-18(26-2)16(11-13)22-19(24)12-23-10-9-15(20(21)25)14-5-3-4-6-17(14)23/h3-8,11,15H,9-10,12H2,1-2H3,(H2,21,25)(H,22,24). The normalized spacial score (nSPS) is 15.9. The van der Waals surface area contributed by atoms with E-state index >= 15 is 0 Å². The second-order valence-corrected chi connectivity index (χ2v) is 6.48. The number of hydrogen-bond donors (Lipinski definition) is 2. The minimum absolute atomic E-state index is 0.138. The maximum Gasteiger partial charge on any atom is 0.243 e. The average molecular weight is 353 g/mol. The molecule has 0 aliphatic carbocycles. The summed E-state index contributed by atoms with van der Waals surface area (Å²) < 4.78 is 5.31. The van der Waals surface area contributed by atoms with Crippen molar-refractivity contribution >= 4 is 23.2 Å². The largest absolute Gasteiger partial charge is 0.495 e. The van der Waals surface area contributed by atoms with Crippen LogP contribution in [0.1, 0.15) is 23.5 Å². The Kier molecular flexibility index (Phi) is 5.11. The van der Waals surface area contributed by atoms with Crippen molar-refractivity contribution in [1.29, 1.82) is 0 Å². The lowest BCUT2D eigenvalue weighted by Crippen LogP contribution is -2.40. The lowest BCUT2D eigenvalue weighted by Gasteiger charge is -2.34. The number of para-hydroxylation sites is 1. The van der Waals surface area contributed by atoms with Crippen LogP contribution in [0.4, 0.5) is 11.4 Å². The second-order valence-electron chi connectivity index (χ2n) is 6.48. The van der Waals surface area contributed by atoms with Crippen LogP contribution in [-0.2, 0) is 9.59 Å². The molecule has 0 saturated heterocycles. The third kappa shape index (κ3) is 3.64. The van der Waals surface area contributed by atoms with Gasteiger partial charge in [0.15, 0.2) is 0 Å². The van der Waals surface area contributed by atoms with Gasteiger partial charge in [-0.3, -0.25) is 9.59 Å². The zero-order valence-electron chi connectivity index (χ0n) is 15.0. The number of fused-ring (bicyclic) bond motifs is 1. The molecule has 1 aliphatic heterocycles. The van der Waals surface area contributed by atoms with Crippen LogP contribution in [0, 0.1) is 6.92 Å². The molecule has 2 amide bonds. The van der Waals surface area contributed by atoms with Gasteiger partial charge in [0.25, 0.3) is 0 Å². The Morgan fingerprint density at radius 2 is 2.04 bits per heavy atom. The Balaban J connectivity index is 1.77. The summed E-state index contributed by atoms with van der Waals surface area (Å²) in [6.07, 6.45) is 0.605. The minimum atomic E-state index is -0.328. The fourth-order valence-corrected chi connectivity index (χ4v) is 3.37. The molecule has 6 nitrogen and oxygen atoms in total. The molecule has 0 radical (unpaired) electrons. The van der Waals surface area contributed by atoms with Crippen molar-refractivity contribution < 1.29 is 14.3 Å². The molecule has 136 valence electrons. The molecule has 3 rings (SSSR count). The maximum atomic E-state index is 12.6. The van der Waals surface area contributed by atoms with Crippen LogP contribution >= 0.6 is 0 Å². The summed E-state index contributed by atoms with van der Waals surface area (Å²) >= 11 is 0. The van der Waals surface area contributed by atoms with Crippen molar-refractivity contribution in [2.45, 2.75) is 19.3 Å². The van der Waals surface area contributed by atoms with Crippen LogP contribution in [0.25, 0.3) is 0 Å². The SMILES string of the molecule is COc1ccc(C)cc1NC(=O)CN1CCC(C(N)=O)c2ccccc21. The number of rotatable bonds is 5. The highest BCUT2D eigenvalue weighted by atomic mass is 16.5. The number of amides is 2. The maximum absolute atomic E-state index is 12.6. The molecule has 3 N–H and O–H groups in total. The number of ether oxygens (including phenoxy) is 1. The predicted molar refractivity (Wildman–Crippen MR) is 102 cm³/mol. The first-order valence-corrected chi connectivity index (χ1v) is 8.57. The molecule has 1 aliphatic rings. The van der Waals surface area contributed by atoms with Crippen LogP contribution in [0.15, 0.2) is 42.5 Å². The van der Waals surface area contributed by atoms with Gasteiger partial charge in [-0.2, -0.15) is 0 Å². The molecule has 0 aromatic heterocycles. The van der Waals surface area contributed by atoms with Gasteiger partial charge >= 0.3 is 0 Å². The molecule has 0 bridgehead atoms. The Morgan fingerprint density at radius 3 is 2.77 bits per heavy atom. The second kappa shape index (κ2) is 7.47. The van der Waals surface area contributed by atoms with Crippen molar-refractivity contribution in [3.05, 3.63) is 53.6 Å². The third-order valence-corrected chi connectivity index (χ3v) is 4.65. The summed E-state index contributed by atoms with van der Waals surface area (Å²) in [4.78, 5) is 26.3. The molecule has 0 spiro atoms. The van der Waals surface area contributed by atoms with Gasteiger partial charge in [-0.05, 0) is 42.7 Å². The molecule has 2 aromatic rings. The number of carbonyl (C=O) groups excluding carboxylic acids is 2. The summed E-state index contributed by atoms with van der Waals surface area (Å²) in [7, 11) is 1.57. The number of hydrogen-bond acceptors (Lipinski definition) is 4. The van der Waals surface area contributed by atoms with Crippen LogP contribution in [-0.4, -0.2) is 32.0 Å². The highest BCUT2D eigenvalue weighted by Crippen LogP contribution is 2.35. The molecular weight excluding hydrogens is 330 g/mol. The van der Waals surface area contributed by atoms with Crippen molar-refractivity contribution in [3.8, 4) is 5.75 Å². The molecule has 26 heavy (non-hydrogen) atoms. The topological polar surface area (TPSA) is 84.7 Å². The van der Waals surface area contributed by atoms with Gasteiger partial charge in [0.1, 0.15) is 5.75 Å². The minimum Gasteiger partial charge on any atom is -0.495 e. The number of anilines is 2. The van der Waals surface area contributed by atoms with Gasteiger partial charge in [0.05, 0.1) is 25.3 Å². The number of aryl methyl sites for hydroxylation is 1. The van der Waals surface area contributed by atoms with Crippen molar-refractivity contribution in [3.63, 3.8) is 0 Å². The highest BCUT2D eigenvalue weighted by molar-refractivity contribution is 5.96. The lowest BCUT2D eigenvalue weighted by molar-refractivity contribution is -0.119. The summed E-state index contributed by atoms with van der Waals surface area (Å²) in [6.45, 7) is 2.75. The van der Waals surface area contributed by atoms with Crippen molar-refractivity contribution in [1.82, 2.24) is 0 Å². The number of methoxy groups -OCH3 is 1. The van der Waals surface area contributed by atoms with Gasteiger partial charge in [-0.1, -0.05) is 24.3 Å². The van der Waals surface area contributed by atoms with Crippen LogP contribution < -0.4 is 20.7 Å². The van der Waals surface area contributed by atoms with Gasteiger partial charge in [0.2, 0.25) is 11.8 Å². The molecule has 1 unspecified atom stereocenters. The fourth-order valence-electron chi connectivity index (χ4n) is 3.37. The predicted octanol–water partition coefficient (Wildman–Crippen LogP) is 2.42. The van der Waals surface area contributed by atoms with Crippen LogP contribution in [0.3, 0.4) is 0 Å². The molecule has 0 saturated carbocycles. The van der Waals surface area contributed by atoms with E-state index in [0.29, 0.717) is 24.4 Å². The van der Waals surface area contributed by atoms with E-state index in [-0.39, 0.29) is 24.3 Å². The quantitative estimate of drug-likeness (QED) is 0.864. The van der Waals surface area contributed by atoms with Crippen LogP contribution in [0.2, 0.25) is 0 Å². The third-order valence-electron chi connectivity index (χ3n) is 4.65. The monoisotopic (exact) mass is 353 g/mol. The Morgan fingerprint density at radius 1 is 1.27 bits per heavy atom. The molecule has 1 atom stereocenters. The van der Waals surface area contributed by atoms with E-state index in [0.717, 1.165) is 16.8 Å². The van der Waals surface area contributed by atoms with Gasteiger partial charge in [-0.15, -0.1) is 0 Å². The highest BCUT2D eigenvalue weighted by Gasteiger charge is 2.29. The zero-order valence-corrected chi connectivity index (χ0v) is 15.0. The number of nitrogens with two attached hydrogens (primary N) is 1. The first-order chi connectivity index (χ1) is 12.5. The zero-order chi connectivity index (χ0) is 18.7. The molecule has 2 aromatic carbocycles. The Bertz CT molecular complexity index is 835. The van der Waals surface area contributed by atoms with Gasteiger partial charge < -0.3 is 20.7 Å². The average Bonchev–Trinajstić information content (AvgIpc) is 2.62. The van der Waals surface area contributed by atoms with E-state index in [9.17, 15) is 9.59 Å². The fraction of sp³-hybridized carbons (Fsp3) is 0.300. The number of primary amides is 1. The molecule has 0 fully saturated rings. The van der Waals surface area contributed by atoms with Crippen molar-refractivity contribution in [2.24, 2.45) is 5.73 Å². The first-order valence-electron chi connectivity index (χ1n) is 8.57. The number of nitrogens with one attached hydrogen (secondary N) is 1. The summed E-state index contributed by atoms with van der Waals surface area (Å²) in [6, 6.07) is 13.2. The van der Waals surface area contributed by atoms with E-state index in [1.54, 1.807) is 7.11 Å². The van der Waals surface area contributed by atoms with E-state index in [2.05, 4.69) is 5.32 Å². The van der Waals surface area contributed by atoms with E-state index in [1.165, 1.54) is 0 Å². The Labute approximate surface area is 152 Å². The van der Waals surface area contributed by atoms with E-state index in [4.69, 9.17) is 10.5 Å². The molecular formula is C20H23N3O3. The van der Waals surface area contributed by atoms with E-state index in [1.807, 2.05) is 54.3 Å². The number of benzene rings is 2. The first kappa shape index (κ1) is 17.8. The molecule has 1 heterocycles. The summed E-state index contributed by atoms with van der Waals surface area (Å²) in [5, 5.41) is 2.92. The molecule has 6 heteroatoms. The van der Waals surface area contributed by atoms with E-state index < -0.39 is 0 Å². The lowest BCUT2D eigenvalue weighted by atomic mass is 9.89.